The minimum absolute atomic E-state index is 0.0818. The van der Waals surface area contributed by atoms with Gasteiger partial charge in [0.05, 0.1) is 11.1 Å². The Morgan fingerprint density at radius 1 is 1.16 bits per heavy atom. The molecule has 0 bridgehead atoms. The van der Waals surface area contributed by atoms with Gasteiger partial charge in [-0.3, -0.25) is 9.59 Å². The normalized spacial score (nSPS) is 20.6. The van der Waals surface area contributed by atoms with Crippen molar-refractivity contribution in [2.24, 2.45) is 17.6 Å². The number of carbonyl (C=O) groups is 2. The van der Waals surface area contributed by atoms with Crippen LogP contribution in [0.5, 0.6) is 0 Å². The molecule has 5 rings (SSSR count). The highest BCUT2D eigenvalue weighted by Gasteiger charge is 2.27. The number of nitrogens with two attached hydrogens (primary N) is 1. The molecule has 4 N–H and O–H groups in total. The van der Waals surface area contributed by atoms with E-state index in [0.717, 1.165) is 84.2 Å². The Labute approximate surface area is 219 Å². The Morgan fingerprint density at radius 3 is 2.73 bits per heavy atom. The van der Waals surface area contributed by atoms with Gasteiger partial charge in [0.2, 0.25) is 5.91 Å². The van der Waals surface area contributed by atoms with Crippen molar-refractivity contribution in [1.29, 1.82) is 0 Å². The van der Waals surface area contributed by atoms with Crippen LogP contribution in [-0.4, -0.2) is 41.8 Å². The number of likely N-dealkylation sites (N-methyl/N-ethyl adjacent to an activating group) is 1. The number of amides is 2. The Balaban J connectivity index is 1.51. The molecule has 1 aliphatic heterocycles. The molecule has 0 radical (unpaired) electrons. The van der Waals surface area contributed by atoms with Crippen LogP contribution in [0.15, 0.2) is 42.5 Å². The molecule has 1 aromatic heterocycles. The fourth-order valence-electron chi connectivity index (χ4n) is 6.05. The number of nitrogens with one attached hydrogen (secondary N) is 2. The van der Waals surface area contributed by atoms with Crippen LogP contribution in [0.1, 0.15) is 67.1 Å². The average Bonchev–Trinajstić information content (AvgIpc) is 3.35. The van der Waals surface area contributed by atoms with Gasteiger partial charge in [-0.2, -0.15) is 0 Å². The molecule has 2 unspecified atom stereocenters. The maximum Gasteiger partial charge on any atom is 0.250 e. The fraction of sp³-hybridized carbons (Fsp3) is 0.419. The number of primary amides is 1. The van der Waals surface area contributed by atoms with E-state index in [-0.39, 0.29) is 11.8 Å². The van der Waals surface area contributed by atoms with Crippen LogP contribution >= 0.6 is 0 Å². The van der Waals surface area contributed by atoms with Gasteiger partial charge in [0.1, 0.15) is 0 Å². The predicted octanol–water partition coefficient (Wildman–Crippen LogP) is 6.12. The molecule has 6 nitrogen and oxygen atoms in total. The van der Waals surface area contributed by atoms with Gasteiger partial charge in [-0.25, -0.2) is 0 Å². The highest BCUT2D eigenvalue weighted by Crippen LogP contribution is 2.38. The van der Waals surface area contributed by atoms with Gasteiger partial charge >= 0.3 is 0 Å². The summed E-state index contributed by atoms with van der Waals surface area (Å²) in [4.78, 5) is 31.2. The summed E-state index contributed by atoms with van der Waals surface area (Å²) in [7, 11) is 2.12. The van der Waals surface area contributed by atoms with E-state index < -0.39 is 5.91 Å². The van der Waals surface area contributed by atoms with E-state index in [0.29, 0.717) is 11.5 Å². The number of rotatable bonds is 6. The Kier molecular flexibility index (Phi) is 7.20. The minimum Gasteiger partial charge on any atom is -0.366 e. The van der Waals surface area contributed by atoms with Crippen LogP contribution in [0, 0.1) is 18.8 Å². The largest absolute Gasteiger partial charge is 0.366 e. The number of fused-ring (bicyclic) bond motifs is 1. The van der Waals surface area contributed by atoms with Crippen LogP contribution in [0.25, 0.3) is 27.6 Å². The number of nitrogens with zero attached hydrogens (tertiary/aromatic N) is 1. The van der Waals surface area contributed by atoms with Crippen molar-refractivity contribution in [3.63, 3.8) is 0 Å². The lowest BCUT2D eigenvalue weighted by atomic mass is 9.80. The number of carbonyl (C=O) groups excluding carboxylic acids is 2. The summed E-state index contributed by atoms with van der Waals surface area (Å²) in [5, 5.41) is 4.21. The molecule has 1 fully saturated rings. The van der Waals surface area contributed by atoms with Crippen molar-refractivity contribution in [3.8, 4) is 11.1 Å². The predicted molar refractivity (Wildman–Crippen MR) is 151 cm³/mol. The quantitative estimate of drug-likeness (QED) is 0.383. The Hall–Kier alpha value is -3.38. The summed E-state index contributed by atoms with van der Waals surface area (Å²) in [6.45, 7) is 6.18. The van der Waals surface area contributed by atoms with Crippen molar-refractivity contribution < 1.29 is 9.59 Å². The van der Waals surface area contributed by atoms with Crippen molar-refractivity contribution in [2.75, 3.05) is 25.5 Å². The first-order chi connectivity index (χ1) is 17.9. The number of benzene rings is 2. The third kappa shape index (κ3) is 5.08. The second-order valence-electron chi connectivity index (χ2n) is 10.8. The molecule has 37 heavy (non-hydrogen) atoms. The van der Waals surface area contributed by atoms with Gasteiger partial charge in [0.25, 0.3) is 5.91 Å². The van der Waals surface area contributed by atoms with Crippen molar-refractivity contribution in [2.45, 2.75) is 52.4 Å². The summed E-state index contributed by atoms with van der Waals surface area (Å²) in [5.41, 5.74) is 13.2. The summed E-state index contributed by atoms with van der Waals surface area (Å²) >= 11 is 0. The summed E-state index contributed by atoms with van der Waals surface area (Å²) in [6.07, 6.45) is 8.64. The monoisotopic (exact) mass is 498 g/mol. The number of aromatic nitrogens is 1. The zero-order valence-corrected chi connectivity index (χ0v) is 22.2. The molecule has 0 saturated heterocycles. The number of aromatic amines is 1. The van der Waals surface area contributed by atoms with E-state index in [2.05, 4.69) is 54.3 Å². The third-order valence-corrected chi connectivity index (χ3v) is 8.43. The van der Waals surface area contributed by atoms with Crippen molar-refractivity contribution in [1.82, 2.24) is 9.88 Å². The van der Waals surface area contributed by atoms with Crippen LogP contribution in [0.4, 0.5) is 5.69 Å². The van der Waals surface area contributed by atoms with Gasteiger partial charge < -0.3 is 20.9 Å². The van der Waals surface area contributed by atoms with E-state index in [1.54, 1.807) is 6.07 Å². The average molecular weight is 499 g/mol. The lowest BCUT2D eigenvalue weighted by Gasteiger charge is -2.28. The van der Waals surface area contributed by atoms with E-state index in [9.17, 15) is 9.59 Å². The van der Waals surface area contributed by atoms with Gasteiger partial charge in [-0.15, -0.1) is 0 Å². The molecule has 2 aromatic carbocycles. The number of hydrogen-bond acceptors (Lipinski definition) is 3. The maximum atomic E-state index is 13.2. The highest BCUT2D eigenvalue weighted by molar-refractivity contribution is 6.10. The van der Waals surface area contributed by atoms with E-state index in [4.69, 9.17) is 5.73 Å². The molecule has 2 atom stereocenters. The topological polar surface area (TPSA) is 91.2 Å². The van der Waals surface area contributed by atoms with Crippen LogP contribution in [-0.2, 0) is 4.79 Å². The molecule has 1 aliphatic carbocycles. The smallest absolute Gasteiger partial charge is 0.250 e. The zero-order valence-electron chi connectivity index (χ0n) is 22.2. The molecule has 3 aromatic rings. The highest BCUT2D eigenvalue weighted by atomic mass is 16.2. The minimum atomic E-state index is -0.446. The van der Waals surface area contributed by atoms with E-state index in [1.807, 2.05) is 18.2 Å². The molecule has 1 saturated carbocycles. The second-order valence-corrected chi connectivity index (χ2v) is 10.8. The lowest BCUT2D eigenvalue weighted by molar-refractivity contribution is -0.121. The van der Waals surface area contributed by atoms with Gasteiger partial charge in [0, 0.05) is 35.8 Å². The van der Waals surface area contributed by atoms with Crippen LogP contribution in [0.3, 0.4) is 0 Å². The maximum absolute atomic E-state index is 13.2. The standard InChI is InChI=1S/C31H38N4O2/c1-4-20-7-5-8-22(17-20)31(37)34-27-10-6-9-23(19(27)2)24-11-12-25(30(32)36)29-26(24)18-28(33-29)21-13-15-35(3)16-14-21/h6,9-13,18,20,22,33H,4-5,7-8,14-17H2,1-3H3,(H2,32,36)(H,34,37). The molecule has 2 amide bonds. The zero-order chi connectivity index (χ0) is 26.1. The molecule has 2 aliphatic rings. The second kappa shape index (κ2) is 10.5. The van der Waals surface area contributed by atoms with E-state index in [1.165, 1.54) is 12.0 Å². The van der Waals surface area contributed by atoms with Crippen LogP contribution in [0.2, 0.25) is 0 Å². The first-order valence-corrected chi connectivity index (χ1v) is 13.6. The van der Waals surface area contributed by atoms with Gasteiger partial charge in [-0.1, -0.05) is 50.5 Å². The van der Waals surface area contributed by atoms with Gasteiger partial charge in [0.15, 0.2) is 0 Å². The summed E-state index contributed by atoms with van der Waals surface area (Å²) in [6, 6.07) is 12.0. The molecule has 194 valence electrons. The van der Waals surface area contributed by atoms with Gasteiger partial charge in [-0.05, 0) is 79.6 Å². The van der Waals surface area contributed by atoms with E-state index >= 15 is 0 Å². The van der Waals surface area contributed by atoms with Crippen molar-refractivity contribution in [3.05, 3.63) is 59.3 Å². The number of anilines is 1. The first-order valence-electron chi connectivity index (χ1n) is 13.6. The molecule has 6 heteroatoms. The fourth-order valence-corrected chi connectivity index (χ4v) is 6.05. The first kappa shape index (κ1) is 25.3. The third-order valence-electron chi connectivity index (χ3n) is 8.43. The molecular formula is C31H38N4O2. The summed E-state index contributed by atoms with van der Waals surface area (Å²) < 4.78 is 0. The Bertz CT molecular complexity index is 1370. The summed E-state index contributed by atoms with van der Waals surface area (Å²) in [5.74, 6) is 0.415. The number of hydrogen-bond donors (Lipinski definition) is 3. The Morgan fingerprint density at radius 2 is 2.00 bits per heavy atom. The van der Waals surface area contributed by atoms with Crippen LogP contribution < -0.4 is 11.1 Å². The lowest BCUT2D eigenvalue weighted by Crippen LogP contribution is -2.28. The molecule has 0 spiro atoms. The SMILES string of the molecule is CCC1CCCC(C(=O)Nc2cccc(-c3ccc(C(N)=O)c4[nH]c(C5=CCN(C)CC5)cc34)c2C)C1. The molecule has 2 heterocycles. The number of H-pyrrole nitrogens is 1. The van der Waals surface area contributed by atoms with Crippen molar-refractivity contribution >= 4 is 34.0 Å². The molecular weight excluding hydrogens is 460 g/mol.